The van der Waals surface area contributed by atoms with Crippen molar-refractivity contribution in [2.24, 2.45) is 0 Å². The van der Waals surface area contributed by atoms with Gasteiger partial charge in [-0.05, 0) is 48.3 Å². The van der Waals surface area contributed by atoms with Crippen molar-refractivity contribution >= 4 is 29.3 Å². The van der Waals surface area contributed by atoms with Crippen molar-refractivity contribution in [1.82, 2.24) is 0 Å². The third-order valence-corrected chi connectivity index (χ3v) is 3.90. The van der Waals surface area contributed by atoms with E-state index in [9.17, 15) is 4.79 Å². The molecule has 1 aliphatic rings. The van der Waals surface area contributed by atoms with Crippen molar-refractivity contribution in [2.75, 3.05) is 11.5 Å². The Morgan fingerprint density at radius 2 is 1.14 bits per heavy atom. The number of para-hydroxylation sites is 2. The first kappa shape index (κ1) is 14.1. The van der Waals surface area contributed by atoms with Gasteiger partial charge in [-0.25, -0.2) is 0 Å². The summed E-state index contributed by atoms with van der Waals surface area (Å²) in [5, 5.41) is 0. The molecule has 0 radical (unpaired) electrons. The number of anilines is 2. The maximum atomic E-state index is 12.5. The van der Waals surface area contributed by atoms with E-state index >= 15 is 0 Å². The highest BCUT2D eigenvalue weighted by Crippen LogP contribution is 2.31. The third-order valence-electron chi connectivity index (χ3n) is 3.90. The number of hydrogen-bond acceptors (Lipinski definition) is 3. The average Bonchev–Trinajstić information content (AvgIpc) is 2.85. The van der Waals surface area contributed by atoms with Crippen molar-refractivity contribution < 1.29 is 4.79 Å². The Kier molecular flexibility index (Phi) is 3.79. The minimum absolute atomic E-state index is 0.0894. The van der Waals surface area contributed by atoms with E-state index in [2.05, 4.69) is 0 Å². The molecule has 3 rings (SSSR count). The summed E-state index contributed by atoms with van der Waals surface area (Å²) in [5.41, 5.74) is 16.6. The number of nitrogen functional groups attached to an aromatic ring is 2. The van der Waals surface area contributed by atoms with Gasteiger partial charge >= 0.3 is 0 Å². The Labute approximate surface area is 129 Å². The molecule has 1 aliphatic carbocycles. The third kappa shape index (κ3) is 2.79. The summed E-state index contributed by atoms with van der Waals surface area (Å²) in [6.07, 6.45) is 5.27. The zero-order chi connectivity index (χ0) is 15.5. The molecule has 1 fully saturated rings. The lowest BCUT2D eigenvalue weighted by Crippen LogP contribution is -1.97. The molecule has 2 aromatic rings. The second-order valence-electron chi connectivity index (χ2n) is 5.43. The van der Waals surface area contributed by atoms with E-state index < -0.39 is 0 Å². The van der Waals surface area contributed by atoms with Gasteiger partial charge in [0.1, 0.15) is 0 Å². The lowest BCUT2D eigenvalue weighted by Gasteiger charge is -2.02. The molecule has 0 amide bonds. The molecule has 0 bridgehead atoms. The minimum atomic E-state index is 0.0894. The molecule has 0 saturated heterocycles. The van der Waals surface area contributed by atoms with Crippen LogP contribution in [0.4, 0.5) is 11.4 Å². The number of carbonyl (C=O) groups excluding carboxylic acids is 1. The monoisotopic (exact) mass is 290 g/mol. The van der Waals surface area contributed by atoms with Gasteiger partial charge in [0.2, 0.25) is 0 Å². The summed E-state index contributed by atoms with van der Waals surface area (Å²) in [5.74, 6) is 0.0894. The summed E-state index contributed by atoms with van der Waals surface area (Å²) in [7, 11) is 0. The van der Waals surface area contributed by atoms with Gasteiger partial charge in [-0.2, -0.15) is 0 Å². The molecule has 1 saturated carbocycles. The fourth-order valence-corrected chi connectivity index (χ4v) is 2.64. The van der Waals surface area contributed by atoms with E-state index in [1.807, 2.05) is 60.7 Å². The number of rotatable bonds is 2. The maximum Gasteiger partial charge on any atom is 0.185 e. The van der Waals surface area contributed by atoms with Crippen LogP contribution in [-0.2, 0) is 4.79 Å². The smallest absolute Gasteiger partial charge is 0.185 e. The van der Waals surface area contributed by atoms with E-state index in [4.69, 9.17) is 11.5 Å². The van der Waals surface area contributed by atoms with Crippen LogP contribution in [-0.4, -0.2) is 5.78 Å². The van der Waals surface area contributed by atoms with Gasteiger partial charge < -0.3 is 11.5 Å². The van der Waals surface area contributed by atoms with Crippen LogP contribution >= 0.6 is 0 Å². The average molecular weight is 290 g/mol. The molecule has 4 N–H and O–H groups in total. The molecule has 110 valence electrons. The van der Waals surface area contributed by atoms with Crippen molar-refractivity contribution in [3.05, 3.63) is 70.8 Å². The molecule has 0 atom stereocenters. The van der Waals surface area contributed by atoms with Crippen LogP contribution < -0.4 is 11.5 Å². The summed E-state index contributed by atoms with van der Waals surface area (Å²) in [4.78, 5) is 12.5. The number of ketones is 1. The van der Waals surface area contributed by atoms with Gasteiger partial charge in [0.05, 0.1) is 0 Å². The van der Waals surface area contributed by atoms with Crippen LogP contribution in [0.1, 0.15) is 24.0 Å². The standard InChI is InChI=1S/C19H18N2O/c20-17-7-3-1-5-13(17)11-15-9-10-16(19(15)22)12-14-6-2-4-8-18(14)21/h1-8,11-12H,9-10,20-21H2. The Hall–Kier alpha value is -2.81. The number of nitrogens with two attached hydrogens (primary N) is 2. The Bertz CT molecular complexity index is 722. The first-order valence-electron chi connectivity index (χ1n) is 7.30. The van der Waals surface area contributed by atoms with Crippen LogP contribution in [0.3, 0.4) is 0 Å². The molecule has 3 nitrogen and oxygen atoms in total. The molecule has 22 heavy (non-hydrogen) atoms. The molecule has 0 heterocycles. The topological polar surface area (TPSA) is 69.1 Å². The van der Waals surface area contributed by atoms with E-state index in [1.165, 1.54) is 0 Å². The van der Waals surface area contributed by atoms with Crippen molar-refractivity contribution in [1.29, 1.82) is 0 Å². The highest BCUT2D eigenvalue weighted by Gasteiger charge is 2.23. The van der Waals surface area contributed by atoms with E-state index in [-0.39, 0.29) is 5.78 Å². The SMILES string of the molecule is Nc1ccccc1C=C1CCC(=Cc2ccccc2N)C1=O. The summed E-state index contributed by atoms with van der Waals surface area (Å²) >= 11 is 0. The fraction of sp³-hybridized carbons (Fsp3) is 0.105. The van der Waals surface area contributed by atoms with Gasteiger partial charge in [0.25, 0.3) is 0 Å². The molecular formula is C19H18N2O. The highest BCUT2D eigenvalue weighted by atomic mass is 16.1. The Morgan fingerprint density at radius 3 is 1.55 bits per heavy atom. The van der Waals surface area contributed by atoms with Crippen molar-refractivity contribution in [3.63, 3.8) is 0 Å². The van der Waals surface area contributed by atoms with Crippen molar-refractivity contribution in [3.8, 4) is 0 Å². The van der Waals surface area contributed by atoms with Gasteiger partial charge in [-0.1, -0.05) is 36.4 Å². The van der Waals surface area contributed by atoms with Gasteiger partial charge in [-0.3, -0.25) is 4.79 Å². The quantitative estimate of drug-likeness (QED) is 0.654. The summed E-state index contributed by atoms with van der Waals surface area (Å²) < 4.78 is 0. The second-order valence-corrected chi connectivity index (χ2v) is 5.43. The van der Waals surface area contributed by atoms with Gasteiger partial charge in [-0.15, -0.1) is 0 Å². The van der Waals surface area contributed by atoms with Gasteiger partial charge in [0, 0.05) is 22.5 Å². The summed E-state index contributed by atoms with van der Waals surface area (Å²) in [6, 6.07) is 15.1. The van der Waals surface area contributed by atoms with Crippen LogP contribution in [0, 0.1) is 0 Å². The molecular weight excluding hydrogens is 272 g/mol. The molecule has 2 aromatic carbocycles. The van der Waals surface area contributed by atoms with Crippen LogP contribution in [0.25, 0.3) is 12.2 Å². The minimum Gasteiger partial charge on any atom is -0.398 e. The second kappa shape index (κ2) is 5.90. The lowest BCUT2D eigenvalue weighted by molar-refractivity contribution is -0.111. The van der Waals surface area contributed by atoms with Crippen LogP contribution in [0.5, 0.6) is 0 Å². The van der Waals surface area contributed by atoms with E-state index in [0.29, 0.717) is 11.4 Å². The molecule has 0 spiro atoms. The number of benzene rings is 2. The summed E-state index contributed by atoms with van der Waals surface area (Å²) in [6.45, 7) is 0. The maximum absolute atomic E-state index is 12.5. The molecule has 0 unspecified atom stereocenters. The number of Topliss-reactive ketones (excluding diaryl/α,β-unsaturated/α-hetero) is 1. The Balaban J connectivity index is 1.90. The Morgan fingerprint density at radius 1 is 0.727 bits per heavy atom. The molecule has 3 heteroatoms. The number of hydrogen-bond donors (Lipinski definition) is 2. The predicted octanol–water partition coefficient (Wildman–Crippen LogP) is 3.68. The van der Waals surface area contributed by atoms with E-state index in [1.54, 1.807) is 0 Å². The first-order valence-corrected chi connectivity index (χ1v) is 7.30. The normalized spacial score (nSPS) is 18.3. The van der Waals surface area contributed by atoms with E-state index in [0.717, 1.165) is 35.1 Å². The largest absolute Gasteiger partial charge is 0.398 e. The van der Waals surface area contributed by atoms with Crippen molar-refractivity contribution in [2.45, 2.75) is 12.8 Å². The number of carbonyl (C=O) groups is 1. The first-order chi connectivity index (χ1) is 10.6. The van der Waals surface area contributed by atoms with Crippen LogP contribution in [0.15, 0.2) is 59.7 Å². The highest BCUT2D eigenvalue weighted by molar-refractivity contribution is 6.16. The molecule has 0 aromatic heterocycles. The zero-order valence-corrected chi connectivity index (χ0v) is 12.3. The molecule has 0 aliphatic heterocycles. The zero-order valence-electron chi connectivity index (χ0n) is 12.3. The predicted molar refractivity (Wildman–Crippen MR) is 91.9 cm³/mol. The fourth-order valence-electron chi connectivity index (χ4n) is 2.64. The van der Waals surface area contributed by atoms with Gasteiger partial charge in [0.15, 0.2) is 5.78 Å². The lowest BCUT2D eigenvalue weighted by atomic mass is 10.1. The number of allylic oxidation sites excluding steroid dienone is 2. The van der Waals surface area contributed by atoms with Crippen LogP contribution in [0.2, 0.25) is 0 Å².